The van der Waals surface area contributed by atoms with Crippen molar-refractivity contribution in [3.05, 3.63) is 0 Å². The average Bonchev–Trinajstić information content (AvgIpc) is 2.27. The fraction of sp³-hybridized carbons (Fsp3) is 1.00. The van der Waals surface area contributed by atoms with E-state index in [0.29, 0.717) is 0 Å². The van der Waals surface area contributed by atoms with Gasteiger partial charge in [0, 0.05) is 0 Å². The molecule has 0 aromatic heterocycles. The van der Waals surface area contributed by atoms with Gasteiger partial charge in [0.25, 0.3) is 20.2 Å². The maximum atomic E-state index is 10.7. The van der Waals surface area contributed by atoms with Crippen molar-refractivity contribution in [1.29, 1.82) is 0 Å². The van der Waals surface area contributed by atoms with Gasteiger partial charge in [-0.05, 0) is 12.8 Å². The Bertz CT molecular complexity index is 385. The smallest absolute Gasteiger partial charge is 0.264 e. The van der Waals surface area contributed by atoms with Crippen LogP contribution in [-0.2, 0) is 28.6 Å². The van der Waals surface area contributed by atoms with Crippen molar-refractivity contribution >= 4 is 20.2 Å². The highest BCUT2D eigenvalue weighted by Gasteiger charge is 2.01. The van der Waals surface area contributed by atoms with E-state index in [-0.39, 0.29) is 13.2 Å². The monoisotopic (exact) mass is 330 g/mol. The molecule has 0 atom stereocenters. The minimum Gasteiger partial charge on any atom is -0.270 e. The lowest BCUT2D eigenvalue weighted by Crippen LogP contribution is -2.04. The van der Waals surface area contributed by atoms with Crippen LogP contribution in [0.3, 0.4) is 0 Å². The van der Waals surface area contributed by atoms with Gasteiger partial charge in [-0.3, -0.25) is 8.37 Å². The van der Waals surface area contributed by atoms with Crippen molar-refractivity contribution in [2.24, 2.45) is 0 Å². The van der Waals surface area contributed by atoms with Crippen LogP contribution in [0.1, 0.15) is 51.4 Å². The molecular weight excluding hydrogens is 304 g/mol. The minimum absolute atomic E-state index is 0.266. The topological polar surface area (TPSA) is 86.7 Å². The maximum absolute atomic E-state index is 10.7. The zero-order valence-corrected chi connectivity index (χ0v) is 14.0. The molecule has 0 amide bonds. The predicted molar refractivity (Wildman–Crippen MR) is 78.5 cm³/mol. The van der Waals surface area contributed by atoms with E-state index >= 15 is 0 Å². The zero-order valence-electron chi connectivity index (χ0n) is 12.3. The molecule has 0 aliphatic carbocycles. The number of hydrogen-bond donors (Lipinski definition) is 0. The van der Waals surface area contributed by atoms with Crippen molar-refractivity contribution < 1.29 is 25.2 Å². The Kier molecular flexibility index (Phi) is 10.4. The highest BCUT2D eigenvalue weighted by molar-refractivity contribution is 7.86. The lowest BCUT2D eigenvalue weighted by atomic mass is 10.1. The Hall–Kier alpha value is -0.180. The van der Waals surface area contributed by atoms with E-state index in [0.717, 1.165) is 63.9 Å². The van der Waals surface area contributed by atoms with Gasteiger partial charge in [-0.25, -0.2) is 0 Å². The molecule has 0 rings (SSSR count). The van der Waals surface area contributed by atoms with Gasteiger partial charge in [-0.15, -0.1) is 0 Å². The van der Waals surface area contributed by atoms with Crippen LogP contribution in [-0.4, -0.2) is 42.6 Å². The second-order valence-electron chi connectivity index (χ2n) is 4.88. The molecule has 0 spiro atoms. The summed E-state index contributed by atoms with van der Waals surface area (Å²) in [5, 5.41) is 0. The van der Waals surface area contributed by atoms with Crippen LogP contribution in [0.4, 0.5) is 0 Å². The first kappa shape index (κ1) is 19.8. The molecule has 0 heterocycles. The van der Waals surface area contributed by atoms with E-state index in [1.165, 1.54) is 0 Å². The van der Waals surface area contributed by atoms with Gasteiger partial charge in [-0.2, -0.15) is 16.8 Å². The summed E-state index contributed by atoms with van der Waals surface area (Å²) in [6.07, 6.45) is 9.89. The average molecular weight is 330 g/mol. The Balaban J connectivity index is 3.18. The Labute approximate surface area is 123 Å². The molecule has 0 aromatic rings. The molecule has 20 heavy (non-hydrogen) atoms. The third-order valence-electron chi connectivity index (χ3n) is 2.63. The second-order valence-corrected chi connectivity index (χ2v) is 8.17. The third kappa shape index (κ3) is 17.8. The van der Waals surface area contributed by atoms with Gasteiger partial charge >= 0.3 is 0 Å². The molecule has 0 aliphatic heterocycles. The molecule has 0 saturated carbocycles. The normalized spacial score (nSPS) is 12.7. The molecule has 0 aliphatic rings. The Morgan fingerprint density at radius 1 is 0.550 bits per heavy atom. The molecule has 0 radical (unpaired) electrons. The molecule has 122 valence electrons. The molecule has 0 bridgehead atoms. The van der Waals surface area contributed by atoms with Gasteiger partial charge in [0.1, 0.15) is 0 Å². The van der Waals surface area contributed by atoms with Crippen molar-refractivity contribution in [1.82, 2.24) is 0 Å². The van der Waals surface area contributed by atoms with Crippen molar-refractivity contribution in [2.45, 2.75) is 51.4 Å². The largest absolute Gasteiger partial charge is 0.270 e. The standard InChI is InChI=1S/C12H26O6S2/c1-19(13,14)17-11-9-7-5-3-4-6-8-10-12-18-20(2,15)16/h3-12H2,1-2H3. The maximum Gasteiger partial charge on any atom is 0.264 e. The van der Waals surface area contributed by atoms with Crippen molar-refractivity contribution in [2.75, 3.05) is 25.7 Å². The minimum atomic E-state index is -3.30. The second kappa shape index (κ2) is 10.5. The van der Waals surface area contributed by atoms with Crippen LogP contribution in [0.15, 0.2) is 0 Å². The highest BCUT2D eigenvalue weighted by atomic mass is 32.2. The predicted octanol–water partition coefficient (Wildman–Crippen LogP) is 2.06. The summed E-state index contributed by atoms with van der Waals surface area (Å²) in [6.45, 7) is 0.531. The first-order chi connectivity index (χ1) is 9.21. The van der Waals surface area contributed by atoms with E-state index in [1.807, 2.05) is 0 Å². The summed E-state index contributed by atoms with van der Waals surface area (Å²) in [4.78, 5) is 0. The first-order valence-corrected chi connectivity index (χ1v) is 10.5. The summed E-state index contributed by atoms with van der Waals surface area (Å²) in [7, 11) is -6.60. The molecule has 0 fully saturated rings. The summed E-state index contributed by atoms with van der Waals surface area (Å²) in [6, 6.07) is 0. The van der Waals surface area contributed by atoms with E-state index in [4.69, 9.17) is 0 Å². The summed E-state index contributed by atoms with van der Waals surface area (Å²) >= 11 is 0. The van der Waals surface area contributed by atoms with Gasteiger partial charge < -0.3 is 0 Å². The van der Waals surface area contributed by atoms with Gasteiger partial charge in [0.05, 0.1) is 25.7 Å². The fourth-order valence-corrected chi connectivity index (χ4v) is 2.53. The molecule has 6 nitrogen and oxygen atoms in total. The third-order valence-corrected chi connectivity index (χ3v) is 3.82. The Morgan fingerprint density at radius 2 is 0.800 bits per heavy atom. The molecule has 0 unspecified atom stereocenters. The quantitative estimate of drug-likeness (QED) is 0.379. The number of hydrogen-bond acceptors (Lipinski definition) is 6. The summed E-state index contributed by atoms with van der Waals surface area (Å²) in [5.41, 5.74) is 0. The van der Waals surface area contributed by atoms with Crippen LogP contribution in [0.25, 0.3) is 0 Å². The lowest BCUT2D eigenvalue weighted by molar-refractivity contribution is 0.306. The number of rotatable bonds is 13. The van der Waals surface area contributed by atoms with Crippen molar-refractivity contribution in [3.63, 3.8) is 0 Å². The zero-order chi connectivity index (χ0) is 15.5. The lowest BCUT2D eigenvalue weighted by Gasteiger charge is -2.03. The fourth-order valence-electron chi connectivity index (χ4n) is 1.69. The van der Waals surface area contributed by atoms with Crippen LogP contribution in [0.2, 0.25) is 0 Å². The molecule has 0 N–H and O–H groups in total. The summed E-state index contributed by atoms with van der Waals surface area (Å²) in [5.74, 6) is 0. The molecular formula is C12H26O6S2. The SMILES string of the molecule is CS(=O)(=O)OCCCCCCCCCCOS(C)(=O)=O. The van der Waals surface area contributed by atoms with Crippen LogP contribution >= 0.6 is 0 Å². The van der Waals surface area contributed by atoms with Gasteiger partial charge in [0.2, 0.25) is 0 Å². The van der Waals surface area contributed by atoms with Crippen LogP contribution < -0.4 is 0 Å². The van der Waals surface area contributed by atoms with E-state index in [9.17, 15) is 16.8 Å². The van der Waals surface area contributed by atoms with Crippen LogP contribution in [0, 0.1) is 0 Å². The number of unbranched alkanes of at least 4 members (excludes halogenated alkanes) is 7. The van der Waals surface area contributed by atoms with Crippen molar-refractivity contribution in [3.8, 4) is 0 Å². The molecule has 0 aromatic carbocycles. The first-order valence-electron chi connectivity index (χ1n) is 6.89. The Morgan fingerprint density at radius 3 is 1.05 bits per heavy atom. The summed E-state index contributed by atoms with van der Waals surface area (Å²) < 4.78 is 52.0. The molecule has 8 heteroatoms. The molecule has 0 saturated heterocycles. The van der Waals surface area contributed by atoms with Crippen LogP contribution in [0.5, 0.6) is 0 Å². The highest BCUT2D eigenvalue weighted by Crippen LogP contribution is 2.09. The van der Waals surface area contributed by atoms with E-state index in [1.54, 1.807) is 0 Å². The van der Waals surface area contributed by atoms with Gasteiger partial charge in [0.15, 0.2) is 0 Å². The van der Waals surface area contributed by atoms with E-state index in [2.05, 4.69) is 8.37 Å². The van der Waals surface area contributed by atoms with Gasteiger partial charge in [-0.1, -0.05) is 38.5 Å². The van der Waals surface area contributed by atoms with E-state index < -0.39 is 20.2 Å².